The topological polar surface area (TPSA) is 56.9 Å². The fourth-order valence-electron chi connectivity index (χ4n) is 1.81. The maximum atomic E-state index is 5.49. The van der Waals surface area contributed by atoms with Gasteiger partial charge in [0.15, 0.2) is 0 Å². The smallest absolute Gasteiger partial charge is 0.208 e. The lowest BCUT2D eigenvalue weighted by Crippen LogP contribution is -2.45. The molecule has 0 radical (unpaired) electrons. The fraction of sp³-hybridized carbons (Fsp3) is 0.900. The van der Waals surface area contributed by atoms with Crippen LogP contribution in [0, 0.1) is 0 Å². The molecule has 1 heterocycles. The van der Waals surface area contributed by atoms with Crippen LogP contribution >= 0.6 is 0 Å². The minimum atomic E-state index is 0.273. The normalized spacial score (nSPS) is 23.0. The lowest BCUT2D eigenvalue weighted by Gasteiger charge is -2.23. The van der Waals surface area contributed by atoms with Gasteiger partial charge in [-0.05, 0) is 34.4 Å². The number of guanidine groups is 1. The molecule has 0 aromatic carbocycles. The summed E-state index contributed by atoms with van der Waals surface area (Å²) in [5.41, 5.74) is 2.69. The van der Waals surface area contributed by atoms with Crippen LogP contribution in [0.3, 0.4) is 0 Å². The first-order valence-corrected chi connectivity index (χ1v) is 5.50. The molecule has 1 atom stereocenters. The van der Waals surface area contributed by atoms with Crippen molar-refractivity contribution in [3.05, 3.63) is 0 Å². The Balaban J connectivity index is 2.58. The molecule has 5 nitrogen and oxygen atoms in total. The second-order valence-corrected chi connectivity index (χ2v) is 4.54. The van der Waals surface area contributed by atoms with Gasteiger partial charge in [0.25, 0.3) is 0 Å². The van der Waals surface area contributed by atoms with Gasteiger partial charge < -0.3 is 9.80 Å². The van der Waals surface area contributed by atoms with Crippen molar-refractivity contribution < 1.29 is 0 Å². The second-order valence-electron chi connectivity index (χ2n) is 4.54. The third kappa shape index (κ3) is 3.35. The molecule has 5 heteroatoms. The van der Waals surface area contributed by atoms with Gasteiger partial charge >= 0.3 is 0 Å². The summed E-state index contributed by atoms with van der Waals surface area (Å²) in [4.78, 5) is 8.93. The van der Waals surface area contributed by atoms with Crippen molar-refractivity contribution in [3.63, 3.8) is 0 Å². The molecule has 0 saturated carbocycles. The van der Waals surface area contributed by atoms with Gasteiger partial charge in [0, 0.05) is 25.2 Å². The highest BCUT2D eigenvalue weighted by Crippen LogP contribution is 2.13. The Hall–Kier alpha value is -0.810. The highest BCUT2D eigenvalue weighted by molar-refractivity contribution is 5.79. The van der Waals surface area contributed by atoms with Crippen molar-refractivity contribution >= 4 is 5.96 Å². The Kier molecular flexibility index (Phi) is 4.35. The van der Waals surface area contributed by atoms with E-state index in [4.69, 9.17) is 5.84 Å². The summed E-state index contributed by atoms with van der Waals surface area (Å²) >= 11 is 0. The molecule has 0 aromatic heterocycles. The van der Waals surface area contributed by atoms with Crippen LogP contribution in [0.5, 0.6) is 0 Å². The highest BCUT2D eigenvalue weighted by Gasteiger charge is 2.25. The number of likely N-dealkylation sites (tertiary alicyclic amines) is 1. The molecule has 1 aliphatic rings. The number of rotatable bonds is 2. The van der Waals surface area contributed by atoms with Gasteiger partial charge in [0.05, 0.1) is 0 Å². The van der Waals surface area contributed by atoms with E-state index in [9.17, 15) is 0 Å². The van der Waals surface area contributed by atoms with Crippen LogP contribution in [-0.2, 0) is 0 Å². The zero-order valence-electron chi connectivity index (χ0n) is 10.2. The monoisotopic (exact) mass is 213 g/mol. The number of nitrogens with one attached hydrogen (secondary N) is 1. The van der Waals surface area contributed by atoms with E-state index in [1.54, 1.807) is 0 Å². The van der Waals surface area contributed by atoms with Crippen molar-refractivity contribution in [2.45, 2.75) is 32.4 Å². The first-order valence-electron chi connectivity index (χ1n) is 5.50. The minimum Gasteiger partial charge on any atom is -0.340 e. The molecule has 0 spiro atoms. The number of aliphatic imine (C=N–C) groups is 1. The largest absolute Gasteiger partial charge is 0.340 e. The first kappa shape index (κ1) is 12.3. The summed E-state index contributed by atoms with van der Waals surface area (Å²) in [7, 11) is 4.23. The number of hydrogen-bond donors (Lipinski definition) is 2. The van der Waals surface area contributed by atoms with Crippen LogP contribution in [0.1, 0.15) is 20.3 Å². The fourth-order valence-corrected chi connectivity index (χ4v) is 1.81. The molecule has 0 amide bonds. The summed E-state index contributed by atoms with van der Waals surface area (Å²) in [6.45, 7) is 6.13. The van der Waals surface area contributed by atoms with Crippen molar-refractivity contribution in [2.24, 2.45) is 10.8 Å². The Bertz CT molecular complexity index is 224. The van der Waals surface area contributed by atoms with Gasteiger partial charge in [0.1, 0.15) is 0 Å². The molecule has 1 fully saturated rings. The van der Waals surface area contributed by atoms with Crippen LogP contribution in [0.25, 0.3) is 0 Å². The van der Waals surface area contributed by atoms with Gasteiger partial charge in [-0.1, -0.05) is 0 Å². The highest BCUT2D eigenvalue weighted by atomic mass is 15.4. The van der Waals surface area contributed by atoms with Crippen LogP contribution in [0.2, 0.25) is 0 Å². The van der Waals surface area contributed by atoms with Crippen LogP contribution in [0.4, 0.5) is 0 Å². The Morgan fingerprint density at radius 3 is 2.60 bits per heavy atom. The first-order chi connectivity index (χ1) is 7.04. The number of likely N-dealkylation sites (N-methyl/N-ethyl adjacent to an activating group) is 1. The summed E-state index contributed by atoms with van der Waals surface area (Å²) < 4.78 is 0. The van der Waals surface area contributed by atoms with E-state index in [0.29, 0.717) is 6.04 Å². The molecule has 88 valence electrons. The van der Waals surface area contributed by atoms with E-state index in [0.717, 1.165) is 19.0 Å². The molecule has 15 heavy (non-hydrogen) atoms. The SMILES string of the molecule is CC(C)N=C(NN)N1CCC(N(C)C)C1. The summed E-state index contributed by atoms with van der Waals surface area (Å²) in [6, 6.07) is 0.880. The van der Waals surface area contributed by atoms with E-state index in [1.807, 2.05) is 0 Å². The Labute approximate surface area is 92.3 Å². The number of hydrazine groups is 1. The van der Waals surface area contributed by atoms with Crippen molar-refractivity contribution in [1.29, 1.82) is 0 Å². The average molecular weight is 213 g/mol. The molecule has 3 N–H and O–H groups in total. The van der Waals surface area contributed by atoms with E-state index in [1.165, 1.54) is 6.42 Å². The molecule has 1 saturated heterocycles. The maximum Gasteiger partial charge on any atom is 0.208 e. The predicted molar refractivity (Wildman–Crippen MR) is 63.6 cm³/mol. The van der Waals surface area contributed by atoms with Gasteiger partial charge in [-0.2, -0.15) is 0 Å². The van der Waals surface area contributed by atoms with Gasteiger partial charge in [-0.25, -0.2) is 10.8 Å². The summed E-state index contributed by atoms with van der Waals surface area (Å²) in [6.07, 6.45) is 1.17. The quantitative estimate of drug-likeness (QED) is 0.290. The van der Waals surface area contributed by atoms with E-state index in [-0.39, 0.29) is 6.04 Å². The number of nitrogens with zero attached hydrogens (tertiary/aromatic N) is 3. The summed E-state index contributed by atoms with van der Waals surface area (Å²) in [5.74, 6) is 6.30. The van der Waals surface area contributed by atoms with E-state index < -0.39 is 0 Å². The van der Waals surface area contributed by atoms with Crippen molar-refractivity contribution in [1.82, 2.24) is 15.2 Å². The average Bonchev–Trinajstić information content (AvgIpc) is 2.62. The molecule has 0 aromatic rings. The Morgan fingerprint density at radius 2 is 2.20 bits per heavy atom. The second kappa shape index (κ2) is 5.32. The van der Waals surface area contributed by atoms with E-state index >= 15 is 0 Å². The van der Waals surface area contributed by atoms with Gasteiger partial charge in [-0.3, -0.25) is 5.43 Å². The molecule has 0 bridgehead atoms. The van der Waals surface area contributed by atoms with Crippen LogP contribution in [0.15, 0.2) is 4.99 Å². The van der Waals surface area contributed by atoms with Crippen LogP contribution in [-0.4, -0.2) is 55.0 Å². The maximum absolute atomic E-state index is 5.49. The lowest BCUT2D eigenvalue weighted by atomic mass is 10.2. The number of hydrogen-bond acceptors (Lipinski definition) is 3. The third-order valence-corrected chi connectivity index (χ3v) is 2.70. The Morgan fingerprint density at radius 1 is 1.53 bits per heavy atom. The lowest BCUT2D eigenvalue weighted by molar-refractivity contribution is 0.299. The molecular formula is C10H23N5. The van der Waals surface area contributed by atoms with Crippen molar-refractivity contribution in [2.75, 3.05) is 27.2 Å². The molecule has 1 unspecified atom stereocenters. The standard InChI is InChI=1S/C10H23N5/c1-8(2)12-10(13-11)15-6-5-9(7-15)14(3)4/h8-9H,5-7,11H2,1-4H3,(H,12,13). The number of nitrogens with two attached hydrogens (primary N) is 1. The predicted octanol–water partition coefficient (Wildman–Crippen LogP) is -0.150. The minimum absolute atomic E-state index is 0.273. The molecule has 0 aliphatic carbocycles. The van der Waals surface area contributed by atoms with Crippen molar-refractivity contribution in [3.8, 4) is 0 Å². The van der Waals surface area contributed by atoms with Gasteiger partial charge in [0.2, 0.25) is 5.96 Å². The molecule has 1 rings (SSSR count). The third-order valence-electron chi connectivity index (χ3n) is 2.70. The molecular weight excluding hydrogens is 190 g/mol. The van der Waals surface area contributed by atoms with Gasteiger partial charge in [-0.15, -0.1) is 0 Å². The zero-order valence-corrected chi connectivity index (χ0v) is 10.2. The molecule has 1 aliphatic heterocycles. The summed E-state index contributed by atoms with van der Waals surface area (Å²) in [5, 5.41) is 0. The van der Waals surface area contributed by atoms with E-state index in [2.05, 4.69) is 48.2 Å². The van der Waals surface area contributed by atoms with Crippen LogP contribution < -0.4 is 11.3 Å². The zero-order chi connectivity index (χ0) is 11.4.